The van der Waals surface area contributed by atoms with Gasteiger partial charge in [0, 0.05) is 24.5 Å². The molecule has 3 heteroatoms. The van der Waals surface area contributed by atoms with E-state index in [0.29, 0.717) is 5.78 Å². The van der Waals surface area contributed by atoms with Gasteiger partial charge in [-0.15, -0.1) is 0 Å². The van der Waals surface area contributed by atoms with Gasteiger partial charge in [-0.05, 0) is 51.5 Å². The normalized spacial score (nSPS) is 37.2. The summed E-state index contributed by atoms with van der Waals surface area (Å²) in [7, 11) is 0. The van der Waals surface area contributed by atoms with Crippen LogP contribution in [0.2, 0.25) is 0 Å². The quantitative estimate of drug-likeness (QED) is 0.849. The van der Waals surface area contributed by atoms with Gasteiger partial charge in [0.15, 0.2) is 0 Å². The summed E-state index contributed by atoms with van der Waals surface area (Å²) in [6, 6.07) is 0. The molecule has 0 aromatic carbocycles. The molecule has 0 radical (unpaired) electrons. The van der Waals surface area contributed by atoms with Gasteiger partial charge in [-0.2, -0.15) is 0 Å². The first-order valence-electron chi connectivity index (χ1n) is 8.09. The Morgan fingerprint density at radius 3 is 2.79 bits per heavy atom. The first-order valence-corrected chi connectivity index (χ1v) is 8.09. The number of Topliss-reactive ketones (excluding diaryl/α,β-unsaturated/α-hetero) is 1. The summed E-state index contributed by atoms with van der Waals surface area (Å²) in [6.07, 6.45) is 8.80. The standard InChI is InChI=1S/C16H27NO2/c1-2-5-15(8-9-17-12-15)14(18)13-4-10-19-16(11-13)6-3-7-16/h13,17H,2-12H2,1H3. The van der Waals surface area contributed by atoms with E-state index in [-0.39, 0.29) is 16.9 Å². The zero-order valence-electron chi connectivity index (χ0n) is 12.2. The predicted molar refractivity (Wildman–Crippen MR) is 75.1 cm³/mol. The van der Waals surface area contributed by atoms with Crippen molar-refractivity contribution in [2.24, 2.45) is 11.3 Å². The highest BCUT2D eigenvalue weighted by Crippen LogP contribution is 2.47. The number of carbonyl (C=O) groups excluding carboxylic acids is 1. The topological polar surface area (TPSA) is 38.3 Å². The van der Waals surface area contributed by atoms with E-state index in [9.17, 15) is 4.79 Å². The monoisotopic (exact) mass is 265 g/mol. The van der Waals surface area contributed by atoms with E-state index in [2.05, 4.69) is 12.2 Å². The minimum Gasteiger partial charge on any atom is -0.375 e. The Balaban J connectivity index is 1.71. The van der Waals surface area contributed by atoms with Crippen molar-refractivity contribution < 1.29 is 9.53 Å². The molecule has 0 amide bonds. The first kappa shape index (κ1) is 13.6. The third-order valence-electron chi connectivity index (χ3n) is 5.62. The molecule has 3 nitrogen and oxygen atoms in total. The van der Waals surface area contributed by atoms with Gasteiger partial charge in [-0.1, -0.05) is 13.3 Å². The van der Waals surface area contributed by atoms with Crippen LogP contribution in [0.5, 0.6) is 0 Å². The number of ether oxygens (including phenoxy) is 1. The number of hydrogen-bond acceptors (Lipinski definition) is 3. The molecule has 3 aliphatic rings. The highest BCUT2D eigenvalue weighted by atomic mass is 16.5. The highest BCUT2D eigenvalue weighted by molar-refractivity contribution is 5.87. The Morgan fingerprint density at radius 1 is 1.37 bits per heavy atom. The molecule has 0 aromatic rings. The summed E-state index contributed by atoms with van der Waals surface area (Å²) in [5.41, 5.74) is 0.0414. The lowest BCUT2D eigenvalue weighted by Crippen LogP contribution is -2.49. The Labute approximate surface area is 116 Å². The smallest absolute Gasteiger partial charge is 0.143 e. The summed E-state index contributed by atoms with van der Waals surface area (Å²) >= 11 is 0. The second-order valence-electron chi connectivity index (χ2n) is 6.90. The van der Waals surface area contributed by atoms with Crippen LogP contribution >= 0.6 is 0 Å². The van der Waals surface area contributed by atoms with E-state index in [1.807, 2.05) is 0 Å². The predicted octanol–water partition coefficient (Wildman–Crippen LogP) is 2.68. The number of nitrogens with one attached hydrogen (secondary N) is 1. The molecule has 0 aromatic heterocycles. The second-order valence-corrected chi connectivity index (χ2v) is 6.90. The molecule has 19 heavy (non-hydrogen) atoms. The number of hydrogen-bond donors (Lipinski definition) is 1. The molecule has 1 spiro atoms. The summed E-state index contributed by atoms with van der Waals surface area (Å²) in [4.78, 5) is 13.0. The molecule has 108 valence electrons. The fourth-order valence-electron chi connectivity index (χ4n) is 4.37. The van der Waals surface area contributed by atoms with E-state index < -0.39 is 0 Å². The fraction of sp³-hybridized carbons (Fsp3) is 0.938. The third kappa shape index (κ3) is 2.36. The lowest BCUT2D eigenvalue weighted by molar-refractivity contribution is -0.161. The Morgan fingerprint density at radius 2 is 2.21 bits per heavy atom. The summed E-state index contributed by atoms with van der Waals surface area (Å²) < 4.78 is 5.97. The zero-order chi connectivity index (χ0) is 13.3. The number of rotatable bonds is 4. The molecule has 0 bridgehead atoms. The van der Waals surface area contributed by atoms with Crippen LogP contribution < -0.4 is 5.32 Å². The minimum absolute atomic E-state index is 0.0539. The van der Waals surface area contributed by atoms with Crippen molar-refractivity contribution in [3.05, 3.63) is 0 Å². The molecule has 2 heterocycles. The van der Waals surface area contributed by atoms with Crippen LogP contribution in [0.1, 0.15) is 58.3 Å². The van der Waals surface area contributed by atoms with Crippen molar-refractivity contribution >= 4 is 5.78 Å². The van der Waals surface area contributed by atoms with Gasteiger partial charge in [-0.25, -0.2) is 0 Å². The number of carbonyl (C=O) groups is 1. The molecule has 1 aliphatic carbocycles. The molecule has 3 rings (SSSR count). The van der Waals surface area contributed by atoms with Gasteiger partial charge >= 0.3 is 0 Å². The van der Waals surface area contributed by atoms with E-state index >= 15 is 0 Å². The Kier molecular flexibility index (Phi) is 3.69. The highest BCUT2D eigenvalue weighted by Gasteiger charge is 2.49. The van der Waals surface area contributed by atoms with Gasteiger partial charge in [0.25, 0.3) is 0 Å². The van der Waals surface area contributed by atoms with Crippen molar-refractivity contribution in [3.8, 4) is 0 Å². The molecule has 2 atom stereocenters. The van der Waals surface area contributed by atoms with Gasteiger partial charge in [0.05, 0.1) is 5.60 Å². The van der Waals surface area contributed by atoms with E-state index in [1.54, 1.807) is 0 Å². The largest absolute Gasteiger partial charge is 0.375 e. The van der Waals surface area contributed by atoms with Gasteiger partial charge in [-0.3, -0.25) is 4.79 Å². The van der Waals surface area contributed by atoms with Crippen molar-refractivity contribution in [1.29, 1.82) is 0 Å². The van der Waals surface area contributed by atoms with Crippen LogP contribution in [0.3, 0.4) is 0 Å². The van der Waals surface area contributed by atoms with Crippen molar-refractivity contribution in [1.82, 2.24) is 5.32 Å². The molecule has 2 unspecified atom stereocenters. The van der Waals surface area contributed by atoms with Crippen molar-refractivity contribution in [2.45, 2.75) is 63.9 Å². The Hall–Kier alpha value is -0.410. The summed E-state index contributed by atoms with van der Waals surface area (Å²) in [5, 5.41) is 3.41. The Bertz CT molecular complexity index is 343. The molecule has 1 N–H and O–H groups in total. The van der Waals surface area contributed by atoms with Crippen LogP contribution in [0.25, 0.3) is 0 Å². The maximum absolute atomic E-state index is 13.0. The lowest BCUT2D eigenvalue weighted by atomic mass is 9.66. The lowest BCUT2D eigenvalue weighted by Gasteiger charge is -2.48. The average molecular weight is 265 g/mol. The van der Waals surface area contributed by atoms with Crippen LogP contribution in [0.15, 0.2) is 0 Å². The number of ketones is 1. The summed E-state index contributed by atoms with van der Waals surface area (Å²) in [6.45, 7) is 4.92. The van der Waals surface area contributed by atoms with Crippen molar-refractivity contribution in [3.63, 3.8) is 0 Å². The van der Waals surface area contributed by atoms with Gasteiger partial charge in [0.2, 0.25) is 0 Å². The average Bonchev–Trinajstić information content (AvgIpc) is 2.86. The van der Waals surface area contributed by atoms with E-state index in [0.717, 1.165) is 51.8 Å². The van der Waals surface area contributed by atoms with Crippen LogP contribution in [-0.4, -0.2) is 31.1 Å². The molecule has 2 saturated heterocycles. The maximum Gasteiger partial charge on any atom is 0.143 e. The molecule has 2 aliphatic heterocycles. The van der Waals surface area contributed by atoms with Crippen molar-refractivity contribution in [2.75, 3.05) is 19.7 Å². The minimum atomic E-state index is -0.0539. The van der Waals surface area contributed by atoms with E-state index in [4.69, 9.17) is 4.74 Å². The zero-order valence-corrected chi connectivity index (χ0v) is 12.2. The second kappa shape index (κ2) is 5.17. The van der Waals surface area contributed by atoms with Gasteiger partial charge in [0.1, 0.15) is 5.78 Å². The van der Waals surface area contributed by atoms with Crippen LogP contribution in [0.4, 0.5) is 0 Å². The SMILES string of the molecule is CCCC1(C(=O)C2CCOC3(CCC3)C2)CCNC1. The summed E-state index contributed by atoms with van der Waals surface area (Å²) in [5.74, 6) is 0.814. The molecule has 1 saturated carbocycles. The van der Waals surface area contributed by atoms with Crippen LogP contribution in [0, 0.1) is 11.3 Å². The molecular weight excluding hydrogens is 238 g/mol. The molecular formula is C16H27NO2. The van der Waals surface area contributed by atoms with Gasteiger partial charge < -0.3 is 10.1 Å². The third-order valence-corrected chi connectivity index (χ3v) is 5.62. The van der Waals surface area contributed by atoms with Crippen LogP contribution in [-0.2, 0) is 9.53 Å². The fourth-order valence-corrected chi connectivity index (χ4v) is 4.37. The maximum atomic E-state index is 13.0. The van der Waals surface area contributed by atoms with E-state index in [1.165, 1.54) is 19.3 Å². The first-order chi connectivity index (χ1) is 9.20. The molecule has 3 fully saturated rings.